The third-order valence-electron chi connectivity index (χ3n) is 3.29. The molecule has 5 heteroatoms. The first-order valence-corrected chi connectivity index (χ1v) is 7.70. The van der Waals surface area contributed by atoms with E-state index in [1.54, 1.807) is 0 Å². The molecule has 0 unspecified atom stereocenters. The topological polar surface area (TPSA) is 48.2 Å². The van der Waals surface area contributed by atoms with E-state index in [4.69, 9.17) is 9.15 Å². The fourth-order valence-corrected chi connectivity index (χ4v) is 2.61. The molecule has 0 N–H and O–H groups in total. The number of rotatable bonds is 4. The Morgan fingerprint density at radius 1 is 1.05 bits per heavy atom. The molecule has 0 aliphatic carbocycles. The lowest BCUT2D eigenvalue weighted by Crippen LogP contribution is -1.99. The number of halogens is 1. The van der Waals surface area contributed by atoms with Gasteiger partial charge in [0.15, 0.2) is 6.61 Å². The minimum atomic E-state index is 0.257. The van der Waals surface area contributed by atoms with Gasteiger partial charge in [0.05, 0.1) is 0 Å². The van der Waals surface area contributed by atoms with Gasteiger partial charge in [0.1, 0.15) is 5.75 Å². The van der Waals surface area contributed by atoms with Crippen LogP contribution in [0.2, 0.25) is 0 Å². The Kier molecular flexibility index (Phi) is 4.24. The molecule has 4 nitrogen and oxygen atoms in total. The van der Waals surface area contributed by atoms with E-state index in [1.165, 1.54) is 0 Å². The summed E-state index contributed by atoms with van der Waals surface area (Å²) in [5.74, 6) is 1.81. The zero-order valence-corrected chi connectivity index (χ0v) is 13.9. The number of hydrogen-bond acceptors (Lipinski definition) is 4. The summed E-state index contributed by atoms with van der Waals surface area (Å²) in [6.45, 7) is 4.29. The predicted octanol–water partition coefficient (Wildman–Crippen LogP) is 4.69. The molecule has 0 fully saturated rings. The van der Waals surface area contributed by atoms with Crippen LogP contribution in [0.5, 0.6) is 5.75 Å². The van der Waals surface area contributed by atoms with Crippen molar-refractivity contribution in [2.45, 2.75) is 20.5 Å². The van der Waals surface area contributed by atoms with E-state index in [0.29, 0.717) is 11.8 Å². The molecular formula is C17H15BrN2O2. The maximum Gasteiger partial charge on any atom is 0.254 e. The molecule has 0 aliphatic rings. The van der Waals surface area contributed by atoms with Crippen LogP contribution in [0.25, 0.3) is 11.5 Å². The first kappa shape index (κ1) is 14.8. The first-order chi connectivity index (χ1) is 10.6. The van der Waals surface area contributed by atoms with E-state index in [9.17, 15) is 0 Å². The van der Waals surface area contributed by atoms with Crippen molar-refractivity contribution in [2.24, 2.45) is 0 Å². The predicted molar refractivity (Wildman–Crippen MR) is 87.7 cm³/mol. The molecule has 1 aromatic heterocycles. The van der Waals surface area contributed by atoms with Gasteiger partial charge < -0.3 is 9.15 Å². The lowest BCUT2D eigenvalue weighted by atomic mass is 10.1. The van der Waals surface area contributed by atoms with E-state index < -0.39 is 0 Å². The Labute approximate surface area is 137 Å². The lowest BCUT2D eigenvalue weighted by Gasteiger charge is -2.09. The van der Waals surface area contributed by atoms with Crippen molar-refractivity contribution in [2.75, 3.05) is 0 Å². The molecule has 0 spiro atoms. The number of nitrogens with zero attached hydrogens (tertiary/aromatic N) is 2. The maximum atomic E-state index is 5.82. The molecule has 2 aromatic carbocycles. The highest BCUT2D eigenvalue weighted by atomic mass is 79.9. The number of ether oxygens (including phenoxy) is 1. The minimum absolute atomic E-state index is 0.257. The Balaban J connectivity index is 1.75. The second-order valence-corrected chi connectivity index (χ2v) is 5.94. The van der Waals surface area contributed by atoms with Gasteiger partial charge in [0, 0.05) is 10.0 Å². The van der Waals surface area contributed by atoms with Crippen LogP contribution >= 0.6 is 15.9 Å². The average molecular weight is 359 g/mol. The lowest BCUT2D eigenvalue weighted by molar-refractivity contribution is 0.261. The summed E-state index contributed by atoms with van der Waals surface area (Å²) in [5, 5.41) is 8.11. The van der Waals surface area contributed by atoms with Crippen molar-refractivity contribution in [3.63, 3.8) is 0 Å². The summed E-state index contributed by atoms with van der Waals surface area (Å²) < 4.78 is 12.4. The zero-order valence-electron chi connectivity index (χ0n) is 12.3. The van der Waals surface area contributed by atoms with Crippen LogP contribution in [-0.2, 0) is 6.61 Å². The molecule has 3 aromatic rings. The summed E-state index contributed by atoms with van der Waals surface area (Å²) in [4.78, 5) is 0. The van der Waals surface area contributed by atoms with Gasteiger partial charge in [0.2, 0.25) is 5.89 Å². The molecule has 0 bridgehead atoms. The van der Waals surface area contributed by atoms with Gasteiger partial charge in [0.25, 0.3) is 5.89 Å². The second kappa shape index (κ2) is 6.32. The van der Waals surface area contributed by atoms with Gasteiger partial charge in [-0.1, -0.05) is 40.2 Å². The van der Waals surface area contributed by atoms with Crippen molar-refractivity contribution >= 4 is 15.9 Å². The summed E-state index contributed by atoms with van der Waals surface area (Å²) in [6, 6.07) is 13.8. The van der Waals surface area contributed by atoms with Gasteiger partial charge >= 0.3 is 0 Å². The van der Waals surface area contributed by atoms with Crippen LogP contribution in [0.1, 0.15) is 17.0 Å². The number of aryl methyl sites for hydroxylation is 2. The van der Waals surface area contributed by atoms with Crippen LogP contribution in [-0.4, -0.2) is 10.2 Å². The Hall–Kier alpha value is -2.14. The summed E-state index contributed by atoms with van der Waals surface area (Å²) in [5.41, 5.74) is 3.05. The summed E-state index contributed by atoms with van der Waals surface area (Å²) in [6.07, 6.45) is 0. The highest BCUT2D eigenvalue weighted by Gasteiger charge is 2.11. The standard InChI is InChI=1S/C17H15BrN2O2/c1-11-5-3-6-12(2)16(11)21-10-15-19-20-17(22-15)13-7-4-8-14(18)9-13/h3-9H,10H2,1-2H3. The third-order valence-corrected chi connectivity index (χ3v) is 3.78. The normalized spacial score (nSPS) is 10.7. The Morgan fingerprint density at radius 3 is 2.50 bits per heavy atom. The van der Waals surface area contributed by atoms with E-state index in [1.807, 2.05) is 56.3 Å². The van der Waals surface area contributed by atoms with Crippen molar-refractivity contribution in [1.29, 1.82) is 0 Å². The summed E-state index contributed by atoms with van der Waals surface area (Å²) in [7, 11) is 0. The molecule has 0 saturated heterocycles. The van der Waals surface area contributed by atoms with E-state index in [0.717, 1.165) is 26.9 Å². The van der Waals surface area contributed by atoms with Crippen LogP contribution < -0.4 is 4.74 Å². The van der Waals surface area contributed by atoms with Crippen molar-refractivity contribution in [1.82, 2.24) is 10.2 Å². The molecule has 0 aliphatic heterocycles. The number of aromatic nitrogens is 2. The highest BCUT2D eigenvalue weighted by Crippen LogP contribution is 2.25. The number of hydrogen-bond donors (Lipinski definition) is 0. The van der Waals surface area contributed by atoms with Crippen molar-refractivity contribution in [3.8, 4) is 17.2 Å². The van der Waals surface area contributed by atoms with Crippen LogP contribution in [0.4, 0.5) is 0 Å². The van der Waals surface area contributed by atoms with Gasteiger partial charge in [-0.2, -0.15) is 0 Å². The minimum Gasteiger partial charge on any atom is -0.483 e. The number of para-hydroxylation sites is 1. The summed E-state index contributed by atoms with van der Waals surface area (Å²) >= 11 is 3.43. The van der Waals surface area contributed by atoms with E-state index >= 15 is 0 Å². The SMILES string of the molecule is Cc1cccc(C)c1OCc1nnc(-c2cccc(Br)c2)o1. The fraction of sp³-hybridized carbons (Fsp3) is 0.176. The monoisotopic (exact) mass is 358 g/mol. The van der Waals surface area contributed by atoms with Gasteiger partial charge in [-0.25, -0.2) is 0 Å². The smallest absolute Gasteiger partial charge is 0.254 e. The van der Waals surface area contributed by atoms with Crippen molar-refractivity contribution < 1.29 is 9.15 Å². The van der Waals surface area contributed by atoms with Crippen molar-refractivity contribution in [3.05, 3.63) is 64.0 Å². The molecule has 0 saturated carbocycles. The molecule has 0 atom stereocenters. The Bertz CT molecular complexity index is 779. The fourth-order valence-electron chi connectivity index (χ4n) is 2.21. The molecular weight excluding hydrogens is 344 g/mol. The second-order valence-electron chi connectivity index (χ2n) is 5.02. The van der Waals surface area contributed by atoms with Gasteiger partial charge in [-0.05, 0) is 43.2 Å². The maximum absolute atomic E-state index is 5.82. The molecule has 3 rings (SSSR count). The molecule has 0 amide bonds. The van der Waals surface area contributed by atoms with Crippen LogP contribution in [0.3, 0.4) is 0 Å². The van der Waals surface area contributed by atoms with E-state index in [2.05, 4.69) is 26.1 Å². The largest absolute Gasteiger partial charge is 0.483 e. The third kappa shape index (κ3) is 3.20. The molecule has 22 heavy (non-hydrogen) atoms. The highest BCUT2D eigenvalue weighted by molar-refractivity contribution is 9.10. The molecule has 0 radical (unpaired) electrons. The molecule has 1 heterocycles. The quantitative estimate of drug-likeness (QED) is 0.678. The average Bonchev–Trinajstić information content (AvgIpc) is 2.96. The van der Waals surface area contributed by atoms with Crippen LogP contribution in [0, 0.1) is 13.8 Å². The van der Waals surface area contributed by atoms with E-state index in [-0.39, 0.29) is 6.61 Å². The van der Waals surface area contributed by atoms with Gasteiger partial charge in [-0.15, -0.1) is 10.2 Å². The number of benzene rings is 2. The van der Waals surface area contributed by atoms with Gasteiger partial charge in [-0.3, -0.25) is 0 Å². The Morgan fingerprint density at radius 2 is 1.77 bits per heavy atom. The zero-order chi connectivity index (χ0) is 15.5. The first-order valence-electron chi connectivity index (χ1n) is 6.91. The van der Waals surface area contributed by atoms with Crippen LogP contribution in [0.15, 0.2) is 51.4 Å². The molecule has 112 valence electrons.